The Balaban J connectivity index is 1.15. The van der Waals surface area contributed by atoms with Crippen LogP contribution in [0.15, 0.2) is 53.8 Å². The van der Waals surface area contributed by atoms with Crippen molar-refractivity contribution in [1.29, 1.82) is 0 Å². The number of aryl methyl sites for hydroxylation is 2. The summed E-state index contributed by atoms with van der Waals surface area (Å²) >= 11 is 0. The second kappa shape index (κ2) is 8.02. The Bertz CT molecular complexity index is 1460. The van der Waals surface area contributed by atoms with Crippen LogP contribution in [0.5, 0.6) is 0 Å². The molecule has 0 aliphatic heterocycles. The molecule has 2 saturated carbocycles. The van der Waals surface area contributed by atoms with E-state index in [0.717, 1.165) is 59.1 Å². The highest BCUT2D eigenvalue weighted by Crippen LogP contribution is 2.45. The number of hydrogen-bond acceptors (Lipinski definition) is 6. The Morgan fingerprint density at radius 3 is 2.62 bits per heavy atom. The first-order valence-electron chi connectivity index (χ1n) is 11.7. The maximum absolute atomic E-state index is 12.5. The Hall–Kier alpha value is -3.04. The molecule has 0 radical (unpaired) electrons. The van der Waals surface area contributed by atoms with E-state index in [-0.39, 0.29) is 23.5 Å². The van der Waals surface area contributed by atoms with Crippen molar-refractivity contribution < 1.29 is 12.6 Å². The molecule has 0 spiro atoms. The first-order valence-corrected chi connectivity index (χ1v) is 13.1. The fourth-order valence-corrected chi connectivity index (χ4v) is 5.63. The van der Waals surface area contributed by atoms with Gasteiger partial charge in [0.15, 0.2) is 0 Å². The smallest absolute Gasteiger partial charge is 0.269 e. The van der Waals surface area contributed by atoms with Crippen molar-refractivity contribution in [2.24, 2.45) is 13.0 Å². The average Bonchev–Trinajstić information content (AvgIpc) is 3.45. The summed E-state index contributed by atoms with van der Waals surface area (Å²) < 4.78 is 34.2. The summed E-state index contributed by atoms with van der Waals surface area (Å²) in [6, 6.07) is 9.09. The van der Waals surface area contributed by atoms with Crippen molar-refractivity contribution in [1.82, 2.24) is 24.5 Å². The highest BCUT2D eigenvalue weighted by atomic mass is 32.2. The molecule has 4 aromatic rings. The lowest BCUT2D eigenvalue weighted by atomic mass is 9.81. The van der Waals surface area contributed by atoms with E-state index in [2.05, 4.69) is 22.0 Å². The normalized spacial score (nSPS) is 20.5. The van der Waals surface area contributed by atoms with Gasteiger partial charge in [0.2, 0.25) is 0 Å². The van der Waals surface area contributed by atoms with Crippen LogP contribution in [0.4, 0.5) is 0 Å². The predicted octanol–water partition coefficient (Wildman–Crippen LogP) is 4.37. The van der Waals surface area contributed by atoms with Crippen LogP contribution in [0.2, 0.25) is 0 Å². The zero-order valence-corrected chi connectivity index (χ0v) is 20.1. The third-order valence-corrected chi connectivity index (χ3v) is 8.28. The van der Waals surface area contributed by atoms with E-state index in [1.165, 1.54) is 0 Å². The quantitative estimate of drug-likeness (QED) is 0.367. The van der Waals surface area contributed by atoms with Crippen molar-refractivity contribution in [3.63, 3.8) is 0 Å². The Morgan fingerprint density at radius 2 is 1.88 bits per heavy atom. The Morgan fingerprint density at radius 1 is 1.12 bits per heavy atom. The first-order chi connectivity index (χ1) is 16.4. The van der Waals surface area contributed by atoms with Crippen molar-refractivity contribution >= 4 is 21.0 Å². The zero-order valence-electron chi connectivity index (χ0n) is 19.3. The van der Waals surface area contributed by atoms with Crippen LogP contribution in [0.25, 0.3) is 22.2 Å². The standard InChI is InChI=1S/C25H27N5O3S/c1-16-3-7-21(8-4-16)34(31,32)33-15-17-9-20(10-17)30-14-22(25(28-30)18-5-6-18)23-11-24-19(12-26-23)13-27-29(24)2/h3-4,7-8,11-14,17-18,20H,5-6,9-10,15H2,1-2H3/t17-,20-. The lowest BCUT2D eigenvalue weighted by Gasteiger charge is -2.34. The Kier molecular flexibility index (Phi) is 5.07. The summed E-state index contributed by atoms with van der Waals surface area (Å²) in [7, 11) is -1.79. The second-order valence-electron chi connectivity index (χ2n) is 9.62. The molecule has 0 saturated heterocycles. The highest BCUT2D eigenvalue weighted by molar-refractivity contribution is 7.86. The minimum absolute atomic E-state index is 0.200. The number of rotatable bonds is 7. The van der Waals surface area contributed by atoms with Gasteiger partial charge >= 0.3 is 0 Å². The van der Waals surface area contributed by atoms with E-state index >= 15 is 0 Å². The van der Waals surface area contributed by atoms with Crippen LogP contribution in [0.1, 0.15) is 48.9 Å². The van der Waals surface area contributed by atoms with Crippen molar-refractivity contribution in [3.05, 3.63) is 60.2 Å². The average molecular weight is 478 g/mol. The topological polar surface area (TPSA) is 91.9 Å². The molecule has 6 rings (SSSR count). The van der Waals surface area contributed by atoms with Gasteiger partial charge in [-0.15, -0.1) is 0 Å². The SMILES string of the molecule is Cc1ccc(S(=O)(=O)OC[C@H]2C[C@H](n3cc(-c4cc5c(cn4)cnn5C)c(C4CC4)n3)C2)cc1. The predicted molar refractivity (Wildman–Crippen MR) is 128 cm³/mol. The molecular weight excluding hydrogens is 450 g/mol. The lowest BCUT2D eigenvalue weighted by Crippen LogP contribution is -2.31. The molecule has 2 aliphatic rings. The van der Waals surface area contributed by atoms with Crippen LogP contribution in [0, 0.1) is 12.8 Å². The minimum Gasteiger partial charge on any atom is -0.269 e. The Labute approximate surface area is 198 Å². The van der Waals surface area contributed by atoms with Gasteiger partial charge in [0.1, 0.15) is 0 Å². The van der Waals surface area contributed by atoms with Gasteiger partial charge in [-0.05, 0) is 56.7 Å². The number of pyridine rings is 1. The molecule has 3 aromatic heterocycles. The van der Waals surface area contributed by atoms with Crippen LogP contribution in [-0.4, -0.2) is 39.6 Å². The monoisotopic (exact) mass is 477 g/mol. The third kappa shape index (κ3) is 3.92. The van der Waals surface area contributed by atoms with E-state index in [0.29, 0.717) is 5.92 Å². The maximum atomic E-state index is 12.5. The zero-order chi connectivity index (χ0) is 23.4. The molecule has 34 heavy (non-hydrogen) atoms. The number of benzene rings is 1. The molecule has 1 aromatic carbocycles. The lowest BCUT2D eigenvalue weighted by molar-refractivity contribution is 0.120. The van der Waals surface area contributed by atoms with Gasteiger partial charge < -0.3 is 0 Å². The molecule has 0 bridgehead atoms. The summed E-state index contributed by atoms with van der Waals surface area (Å²) in [6.45, 7) is 2.13. The fraction of sp³-hybridized carbons (Fsp3) is 0.400. The van der Waals surface area contributed by atoms with Crippen molar-refractivity contribution in [2.45, 2.75) is 49.5 Å². The summed E-state index contributed by atoms with van der Waals surface area (Å²) in [5, 5.41) is 10.3. The number of fused-ring (bicyclic) bond motifs is 1. The van der Waals surface area contributed by atoms with Gasteiger partial charge in [-0.3, -0.25) is 18.5 Å². The second-order valence-corrected chi connectivity index (χ2v) is 11.2. The van der Waals surface area contributed by atoms with Gasteiger partial charge in [0.05, 0.1) is 40.6 Å². The van der Waals surface area contributed by atoms with Gasteiger partial charge in [-0.2, -0.15) is 18.6 Å². The summed E-state index contributed by atoms with van der Waals surface area (Å²) in [4.78, 5) is 4.90. The minimum atomic E-state index is -3.73. The van der Waals surface area contributed by atoms with Crippen LogP contribution in [-0.2, 0) is 21.3 Å². The first kappa shape index (κ1) is 21.5. The summed E-state index contributed by atoms with van der Waals surface area (Å²) in [5.41, 5.74) is 5.20. The largest absolute Gasteiger partial charge is 0.296 e. The molecule has 8 nitrogen and oxygen atoms in total. The van der Waals surface area contributed by atoms with Crippen LogP contribution >= 0.6 is 0 Å². The fourth-order valence-electron chi connectivity index (χ4n) is 4.65. The molecule has 0 N–H and O–H groups in total. The highest BCUT2D eigenvalue weighted by Gasteiger charge is 2.36. The molecule has 9 heteroatoms. The molecule has 2 aliphatic carbocycles. The third-order valence-electron chi connectivity index (χ3n) is 6.98. The number of hydrogen-bond donors (Lipinski definition) is 0. The van der Waals surface area contributed by atoms with E-state index < -0.39 is 10.1 Å². The van der Waals surface area contributed by atoms with Crippen molar-refractivity contribution in [3.8, 4) is 11.3 Å². The summed E-state index contributed by atoms with van der Waals surface area (Å²) in [5.74, 6) is 0.699. The molecule has 176 valence electrons. The number of aromatic nitrogens is 5. The maximum Gasteiger partial charge on any atom is 0.296 e. The van der Waals surface area contributed by atoms with E-state index in [9.17, 15) is 8.42 Å². The van der Waals surface area contributed by atoms with Gasteiger partial charge in [0.25, 0.3) is 10.1 Å². The number of nitrogens with zero attached hydrogens (tertiary/aromatic N) is 5. The van der Waals surface area contributed by atoms with E-state index in [1.807, 2.05) is 31.0 Å². The van der Waals surface area contributed by atoms with Gasteiger partial charge in [-0.1, -0.05) is 17.7 Å². The van der Waals surface area contributed by atoms with Gasteiger partial charge in [-0.25, -0.2) is 0 Å². The van der Waals surface area contributed by atoms with Crippen LogP contribution in [0.3, 0.4) is 0 Å². The van der Waals surface area contributed by atoms with Gasteiger partial charge in [0, 0.05) is 36.3 Å². The molecule has 0 atom stereocenters. The van der Waals surface area contributed by atoms with E-state index in [4.69, 9.17) is 14.3 Å². The molecule has 3 heterocycles. The molecule has 0 amide bonds. The molecule has 0 unspecified atom stereocenters. The molecule has 2 fully saturated rings. The van der Waals surface area contributed by atoms with E-state index in [1.54, 1.807) is 24.3 Å². The van der Waals surface area contributed by atoms with Crippen molar-refractivity contribution in [2.75, 3.05) is 6.61 Å². The van der Waals surface area contributed by atoms with Crippen LogP contribution < -0.4 is 0 Å². The summed E-state index contributed by atoms with van der Waals surface area (Å²) in [6.07, 6.45) is 9.84. The molecular formula is C25H27N5O3S.